The van der Waals surface area contributed by atoms with Crippen molar-refractivity contribution < 1.29 is 13.2 Å². The van der Waals surface area contributed by atoms with E-state index in [4.69, 9.17) is 0 Å². The van der Waals surface area contributed by atoms with Gasteiger partial charge >= 0.3 is 0 Å². The van der Waals surface area contributed by atoms with E-state index in [9.17, 15) is 13.2 Å². The Bertz CT molecular complexity index is 645. The number of aromatic nitrogens is 1. The highest BCUT2D eigenvalue weighted by Gasteiger charge is 2.31. The van der Waals surface area contributed by atoms with E-state index < -0.39 is 9.84 Å². The Balaban J connectivity index is 2.13. The molecular formula is C15H23N3O3S. The topological polar surface area (TPSA) is 79.4 Å². The van der Waals surface area contributed by atoms with E-state index in [2.05, 4.69) is 10.3 Å². The Morgan fingerprint density at radius 2 is 2.23 bits per heavy atom. The van der Waals surface area contributed by atoms with E-state index in [1.165, 1.54) is 6.20 Å². The zero-order chi connectivity index (χ0) is 16.3. The monoisotopic (exact) mass is 325 g/mol. The molecule has 7 heteroatoms. The molecule has 1 aromatic heterocycles. The predicted molar refractivity (Wildman–Crippen MR) is 86.9 cm³/mol. The molecule has 2 heterocycles. The van der Waals surface area contributed by atoms with Crippen molar-refractivity contribution >= 4 is 21.4 Å². The van der Waals surface area contributed by atoms with Gasteiger partial charge in [0.15, 0.2) is 9.84 Å². The van der Waals surface area contributed by atoms with Gasteiger partial charge in [-0.1, -0.05) is 6.92 Å². The van der Waals surface area contributed by atoms with Gasteiger partial charge in [0.25, 0.3) is 5.91 Å². The van der Waals surface area contributed by atoms with Gasteiger partial charge < -0.3 is 10.2 Å². The summed E-state index contributed by atoms with van der Waals surface area (Å²) in [5.74, 6) is 0.229. The van der Waals surface area contributed by atoms with Gasteiger partial charge in [-0.2, -0.15) is 0 Å². The van der Waals surface area contributed by atoms with Gasteiger partial charge in [0.1, 0.15) is 0 Å². The van der Waals surface area contributed by atoms with Crippen molar-refractivity contribution in [3.63, 3.8) is 0 Å². The lowest BCUT2D eigenvalue weighted by Crippen LogP contribution is -2.34. The maximum Gasteiger partial charge on any atom is 0.253 e. The number of carbonyl (C=O) groups is 1. The largest absolute Gasteiger partial charge is 0.369 e. The van der Waals surface area contributed by atoms with E-state index in [1.807, 2.05) is 25.8 Å². The van der Waals surface area contributed by atoms with E-state index in [1.54, 1.807) is 12.3 Å². The Hall–Kier alpha value is -1.63. The number of anilines is 1. The maximum absolute atomic E-state index is 12.1. The Morgan fingerprint density at radius 3 is 2.82 bits per heavy atom. The average molecular weight is 325 g/mol. The van der Waals surface area contributed by atoms with Crippen LogP contribution in [0.15, 0.2) is 18.5 Å². The third kappa shape index (κ3) is 3.97. The first-order valence-corrected chi connectivity index (χ1v) is 9.33. The number of hydrogen-bond acceptors (Lipinski definition) is 5. The summed E-state index contributed by atoms with van der Waals surface area (Å²) in [5.41, 5.74) is 1.25. The molecule has 2 atom stereocenters. The molecule has 6 nitrogen and oxygen atoms in total. The first-order valence-electron chi connectivity index (χ1n) is 7.51. The first-order chi connectivity index (χ1) is 10.3. The molecule has 1 aliphatic heterocycles. The quantitative estimate of drug-likeness (QED) is 0.881. The molecule has 0 aliphatic carbocycles. The molecule has 0 saturated carbocycles. The van der Waals surface area contributed by atoms with Gasteiger partial charge in [-0.05, 0) is 25.8 Å². The molecule has 2 rings (SSSR count). The number of carbonyl (C=O) groups excluding carboxylic acids is 1. The van der Waals surface area contributed by atoms with E-state index in [0.29, 0.717) is 12.0 Å². The van der Waals surface area contributed by atoms with Crippen LogP contribution < -0.4 is 10.2 Å². The summed E-state index contributed by atoms with van der Waals surface area (Å²) in [6.07, 6.45) is 4.66. The standard InChI is InChI=1S/C15H23N3O3S/c1-4-11(2)17-15(19)12-7-14(9-16-8-12)18(3)13-5-6-22(20,21)10-13/h7-9,11,13H,4-6,10H2,1-3H3,(H,17,19). The van der Waals surface area contributed by atoms with Crippen LogP contribution in [0.25, 0.3) is 0 Å². The SMILES string of the molecule is CCC(C)NC(=O)c1cncc(N(C)C2CCS(=O)(=O)C2)c1. The highest BCUT2D eigenvalue weighted by molar-refractivity contribution is 7.91. The third-order valence-corrected chi connectivity index (χ3v) is 5.89. The Kier molecular flexibility index (Phi) is 5.05. The van der Waals surface area contributed by atoms with Crippen LogP contribution in [0, 0.1) is 0 Å². The van der Waals surface area contributed by atoms with Gasteiger partial charge in [-0.15, -0.1) is 0 Å². The molecule has 1 fully saturated rings. The average Bonchev–Trinajstić information content (AvgIpc) is 2.86. The van der Waals surface area contributed by atoms with Crippen LogP contribution in [0.1, 0.15) is 37.0 Å². The molecule has 0 spiro atoms. The number of nitrogens with zero attached hydrogens (tertiary/aromatic N) is 2. The van der Waals surface area contributed by atoms with Crippen LogP contribution in [-0.4, -0.2) is 49.9 Å². The number of pyridine rings is 1. The summed E-state index contributed by atoms with van der Waals surface area (Å²) in [4.78, 5) is 18.2. The van der Waals surface area contributed by atoms with Crippen LogP contribution in [0.2, 0.25) is 0 Å². The fraction of sp³-hybridized carbons (Fsp3) is 0.600. The summed E-state index contributed by atoms with van der Waals surface area (Å²) >= 11 is 0. The van der Waals surface area contributed by atoms with Crippen molar-refractivity contribution in [2.24, 2.45) is 0 Å². The van der Waals surface area contributed by atoms with Gasteiger partial charge in [0.2, 0.25) is 0 Å². The highest BCUT2D eigenvalue weighted by Crippen LogP contribution is 2.23. The molecule has 0 radical (unpaired) electrons. The Morgan fingerprint density at radius 1 is 1.50 bits per heavy atom. The minimum absolute atomic E-state index is 0.0559. The summed E-state index contributed by atoms with van der Waals surface area (Å²) in [7, 11) is -1.09. The number of nitrogens with one attached hydrogen (secondary N) is 1. The van der Waals surface area contributed by atoms with Crippen molar-refractivity contribution in [3.05, 3.63) is 24.0 Å². The van der Waals surface area contributed by atoms with E-state index >= 15 is 0 Å². The minimum atomic E-state index is -2.94. The molecule has 1 aliphatic rings. The molecule has 2 unspecified atom stereocenters. The number of rotatable bonds is 5. The number of sulfone groups is 1. The molecule has 1 aromatic rings. The predicted octanol–water partition coefficient (Wildman–Crippen LogP) is 1.23. The fourth-order valence-corrected chi connectivity index (χ4v) is 4.22. The molecule has 122 valence electrons. The molecular weight excluding hydrogens is 302 g/mol. The smallest absolute Gasteiger partial charge is 0.253 e. The summed E-state index contributed by atoms with van der Waals surface area (Å²) < 4.78 is 23.2. The first kappa shape index (κ1) is 16.7. The van der Waals surface area contributed by atoms with Crippen LogP contribution in [-0.2, 0) is 9.84 Å². The lowest BCUT2D eigenvalue weighted by molar-refractivity contribution is 0.0939. The molecule has 1 N–H and O–H groups in total. The van der Waals surface area contributed by atoms with Gasteiger partial charge in [-0.25, -0.2) is 8.42 Å². The summed E-state index contributed by atoms with van der Waals surface area (Å²) in [6, 6.07) is 1.81. The van der Waals surface area contributed by atoms with Crippen LogP contribution in [0.4, 0.5) is 5.69 Å². The van der Waals surface area contributed by atoms with E-state index in [0.717, 1.165) is 12.1 Å². The molecule has 1 amide bonds. The van der Waals surface area contributed by atoms with Crippen molar-refractivity contribution in [2.75, 3.05) is 23.5 Å². The van der Waals surface area contributed by atoms with Gasteiger partial charge in [-0.3, -0.25) is 9.78 Å². The minimum Gasteiger partial charge on any atom is -0.369 e. The molecule has 22 heavy (non-hydrogen) atoms. The lowest BCUT2D eigenvalue weighted by atomic mass is 10.1. The number of amides is 1. The number of hydrogen-bond donors (Lipinski definition) is 1. The summed E-state index contributed by atoms with van der Waals surface area (Å²) in [6.45, 7) is 3.96. The zero-order valence-corrected chi connectivity index (χ0v) is 14.1. The van der Waals surface area contributed by atoms with Crippen LogP contribution in [0.5, 0.6) is 0 Å². The third-order valence-electron chi connectivity index (χ3n) is 4.14. The second kappa shape index (κ2) is 6.64. The second-order valence-electron chi connectivity index (χ2n) is 5.88. The van der Waals surface area contributed by atoms with E-state index in [-0.39, 0.29) is 29.5 Å². The van der Waals surface area contributed by atoms with Crippen LogP contribution in [0.3, 0.4) is 0 Å². The molecule has 0 aromatic carbocycles. The zero-order valence-electron chi connectivity index (χ0n) is 13.2. The fourth-order valence-electron chi connectivity index (χ4n) is 2.45. The van der Waals surface area contributed by atoms with Crippen molar-refractivity contribution in [3.8, 4) is 0 Å². The highest BCUT2D eigenvalue weighted by atomic mass is 32.2. The molecule has 0 bridgehead atoms. The van der Waals surface area contributed by atoms with Crippen LogP contribution >= 0.6 is 0 Å². The normalized spacial score (nSPS) is 21.3. The summed E-state index contributed by atoms with van der Waals surface area (Å²) in [5, 5.41) is 2.90. The van der Waals surface area contributed by atoms with Gasteiger partial charge in [0, 0.05) is 25.3 Å². The lowest BCUT2D eigenvalue weighted by Gasteiger charge is -2.25. The molecule has 1 saturated heterocycles. The van der Waals surface area contributed by atoms with Crippen molar-refractivity contribution in [1.29, 1.82) is 0 Å². The second-order valence-corrected chi connectivity index (χ2v) is 8.11. The maximum atomic E-state index is 12.1. The van der Waals surface area contributed by atoms with Crippen molar-refractivity contribution in [1.82, 2.24) is 10.3 Å². The van der Waals surface area contributed by atoms with Gasteiger partial charge in [0.05, 0.1) is 29.0 Å². The Labute approximate surface area is 131 Å². The van der Waals surface area contributed by atoms with Crippen molar-refractivity contribution in [2.45, 2.75) is 38.8 Å².